The minimum Gasteiger partial charge on any atom is -0.477 e. The van der Waals surface area contributed by atoms with Gasteiger partial charge in [0, 0.05) is 70.0 Å². The molecule has 2 aliphatic heterocycles. The first-order valence-corrected chi connectivity index (χ1v) is 14.0. The quantitative estimate of drug-likeness (QED) is 0.489. The zero-order valence-electron chi connectivity index (χ0n) is 22.1. The van der Waals surface area contributed by atoms with E-state index >= 15 is 4.39 Å². The summed E-state index contributed by atoms with van der Waals surface area (Å²) in [7, 11) is 0. The van der Waals surface area contributed by atoms with Gasteiger partial charge >= 0.3 is 5.97 Å². The summed E-state index contributed by atoms with van der Waals surface area (Å²) in [4.78, 5) is 45.6. The molecule has 3 aliphatic rings. The second-order valence-corrected chi connectivity index (χ2v) is 11.1. The lowest BCUT2D eigenvalue weighted by atomic mass is 10.1. The average molecular weight is 568 g/mol. The Bertz CT molecular complexity index is 1520. The van der Waals surface area contributed by atoms with Crippen LogP contribution in [0.4, 0.5) is 15.8 Å². The molecule has 11 heteroatoms. The van der Waals surface area contributed by atoms with E-state index in [1.54, 1.807) is 10.6 Å². The number of anilines is 2. The Morgan fingerprint density at radius 2 is 1.57 bits per heavy atom. The van der Waals surface area contributed by atoms with Gasteiger partial charge in [0.1, 0.15) is 11.4 Å². The summed E-state index contributed by atoms with van der Waals surface area (Å²) < 4.78 is 17.1. The summed E-state index contributed by atoms with van der Waals surface area (Å²) >= 11 is 6.34. The van der Waals surface area contributed by atoms with Crippen LogP contribution in [0.15, 0.2) is 47.4 Å². The molecule has 3 heterocycles. The molecule has 1 N–H and O–H groups in total. The predicted molar refractivity (Wildman–Crippen MR) is 152 cm³/mol. The number of carboxylic acids is 1. The number of carbonyl (C=O) groups excluding carboxylic acids is 1. The van der Waals surface area contributed by atoms with Gasteiger partial charge in [-0.1, -0.05) is 23.7 Å². The monoisotopic (exact) mass is 567 g/mol. The van der Waals surface area contributed by atoms with Crippen LogP contribution in [0.5, 0.6) is 0 Å². The number of nitrogens with zero attached hydrogens (tertiary/aromatic N) is 5. The first-order valence-electron chi connectivity index (χ1n) is 13.7. The minimum absolute atomic E-state index is 0.0635. The molecular formula is C29H31ClFN5O4. The van der Waals surface area contributed by atoms with E-state index in [1.807, 2.05) is 34.1 Å². The molecule has 0 radical (unpaired) electrons. The molecule has 9 nitrogen and oxygen atoms in total. The lowest BCUT2D eigenvalue weighted by molar-refractivity contribution is -0.132. The van der Waals surface area contributed by atoms with E-state index in [0.29, 0.717) is 43.9 Å². The van der Waals surface area contributed by atoms with Crippen LogP contribution in [-0.2, 0) is 4.79 Å². The van der Waals surface area contributed by atoms with Crippen molar-refractivity contribution in [3.8, 4) is 0 Å². The van der Waals surface area contributed by atoms with Gasteiger partial charge in [-0.05, 0) is 37.1 Å². The number of aromatic nitrogens is 1. The number of halogens is 2. The van der Waals surface area contributed by atoms with Crippen LogP contribution in [0.3, 0.4) is 0 Å². The molecule has 0 bridgehead atoms. The van der Waals surface area contributed by atoms with Gasteiger partial charge in [-0.25, -0.2) is 9.18 Å². The summed E-state index contributed by atoms with van der Waals surface area (Å²) in [6, 6.07) is 10.7. The predicted octanol–water partition coefficient (Wildman–Crippen LogP) is 3.30. The molecule has 1 saturated carbocycles. The number of para-hydroxylation sites is 1. The number of benzene rings is 2. The maximum Gasteiger partial charge on any atom is 0.341 e. The van der Waals surface area contributed by atoms with E-state index in [0.717, 1.165) is 55.8 Å². The third kappa shape index (κ3) is 5.13. The van der Waals surface area contributed by atoms with E-state index in [4.69, 9.17) is 11.6 Å². The number of aromatic carboxylic acids is 1. The van der Waals surface area contributed by atoms with Crippen LogP contribution in [0.25, 0.3) is 10.9 Å². The summed E-state index contributed by atoms with van der Waals surface area (Å²) in [6.07, 6.45) is 3.16. The van der Waals surface area contributed by atoms with Crippen molar-refractivity contribution >= 4 is 45.8 Å². The summed E-state index contributed by atoms with van der Waals surface area (Å²) in [5, 5.41) is 10.3. The van der Waals surface area contributed by atoms with Gasteiger partial charge in [0.25, 0.3) is 0 Å². The van der Waals surface area contributed by atoms with Gasteiger partial charge < -0.3 is 24.4 Å². The zero-order valence-corrected chi connectivity index (χ0v) is 22.8. The molecule has 0 atom stereocenters. The Labute approximate surface area is 235 Å². The smallest absolute Gasteiger partial charge is 0.341 e. The Morgan fingerprint density at radius 3 is 2.23 bits per heavy atom. The van der Waals surface area contributed by atoms with Crippen molar-refractivity contribution in [3.05, 3.63) is 69.2 Å². The van der Waals surface area contributed by atoms with Crippen molar-refractivity contribution in [2.45, 2.75) is 18.9 Å². The van der Waals surface area contributed by atoms with Gasteiger partial charge in [-0.15, -0.1) is 0 Å². The molecule has 2 aromatic carbocycles. The van der Waals surface area contributed by atoms with Gasteiger partial charge in [-0.2, -0.15) is 0 Å². The largest absolute Gasteiger partial charge is 0.477 e. The van der Waals surface area contributed by atoms with Gasteiger partial charge in [0.05, 0.1) is 28.5 Å². The molecule has 210 valence electrons. The number of hydrogen-bond donors (Lipinski definition) is 1. The van der Waals surface area contributed by atoms with Crippen LogP contribution >= 0.6 is 11.6 Å². The summed E-state index contributed by atoms with van der Waals surface area (Å²) in [6.45, 7) is 5.37. The molecule has 0 spiro atoms. The molecule has 1 aliphatic carbocycles. The Kier molecular flexibility index (Phi) is 7.14. The van der Waals surface area contributed by atoms with Crippen molar-refractivity contribution in [1.82, 2.24) is 14.4 Å². The number of piperazine rings is 2. The molecule has 6 rings (SSSR count). The fourth-order valence-electron chi connectivity index (χ4n) is 5.75. The van der Waals surface area contributed by atoms with Gasteiger partial charge in [-0.3, -0.25) is 14.5 Å². The van der Waals surface area contributed by atoms with Crippen LogP contribution < -0.4 is 15.2 Å². The van der Waals surface area contributed by atoms with E-state index in [9.17, 15) is 19.5 Å². The fraction of sp³-hybridized carbons (Fsp3) is 0.414. The third-order valence-corrected chi connectivity index (χ3v) is 8.49. The standard InChI is InChI=1S/C29H31ClFN5O4/c30-22-3-1-2-4-24(22)33-9-7-32(8-10-33)18-27(37)35-13-11-34(12-14-35)26-16-25-20(15-23(26)31)28(38)21(29(39)40)17-36(25)19-5-6-19/h1-4,15-17,19H,5-14,18H2,(H,39,40). The van der Waals surface area contributed by atoms with Crippen molar-refractivity contribution in [1.29, 1.82) is 0 Å². The highest BCUT2D eigenvalue weighted by Gasteiger charge is 2.30. The fourth-order valence-corrected chi connectivity index (χ4v) is 6.01. The van der Waals surface area contributed by atoms with Crippen molar-refractivity contribution in [3.63, 3.8) is 0 Å². The van der Waals surface area contributed by atoms with Crippen molar-refractivity contribution < 1.29 is 19.1 Å². The maximum atomic E-state index is 15.3. The van der Waals surface area contributed by atoms with E-state index in [1.165, 1.54) is 6.20 Å². The highest BCUT2D eigenvalue weighted by atomic mass is 35.5. The molecule has 1 aromatic heterocycles. The van der Waals surface area contributed by atoms with Crippen molar-refractivity contribution in [2.24, 2.45) is 0 Å². The number of fused-ring (bicyclic) bond motifs is 1. The Balaban J connectivity index is 1.10. The summed E-state index contributed by atoms with van der Waals surface area (Å²) in [5.41, 5.74) is 0.913. The van der Waals surface area contributed by atoms with E-state index in [2.05, 4.69) is 9.80 Å². The summed E-state index contributed by atoms with van der Waals surface area (Å²) in [5.74, 6) is -1.81. The SMILES string of the molecule is O=C(O)c1cn(C2CC2)c2cc(N3CCN(C(=O)CN4CCN(c5ccccc5Cl)CC4)CC3)c(F)cc2c1=O. The molecule has 0 unspecified atom stereocenters. The van der Waals surface area contributed by atoms with E-state index < -0.39 is 17.2 Å². The number of pyridine rings is 1. The lowest BCUT2D eigenvalue weighted by Crippen LogP contribution is -2.54. The minimum atomic E-state index is -1.31. The average Bonchev–Trinajstić information content (AvgIpc) is 3.79. The molecule has 3 fully saturated rings. The lowest BCUT2D eigenvalue weighted by Gasteiger charge is -2.39. The third-order valence-electron chi connectivity index (χ3n) is 8.17. The number of hydrogen-bond acceptors (Lipinski definition) is 6. The first kappa shape index (κ1) is 26.6. The van der Waals surface area contributed by atoms with Gasteiger partial charge in [0.15, 0.2) is 0 Å². The van der Waals surface area contributed by atoms with Crippen LogP contribution in [0.1, 0.15) is 29.2 Å². The molecule has 40 heavy (non-hydrogen) atoms. The van der Waals surface area contributed by atoms with Gasteiger partial charge in [0.2, 0.25) is 11.3 Å². The molecule has 3 aromatic rings. The first-order chi connectivity index (χ1) is 19.3. The molecule has 1 amide bonds. The number of carbonyl (C=O) groups is 2. The number of amides is 1. The second-order valence-electron chi connectivity index (χ2n) is 10.7. The second kappa shape index (κ2) is 10.7. The maximum absolute atomic E-state index is 15.3. The van der Waals surface area contributed by atoms with E-state index in [-0.39, 0.29) is 22.9 Å². The highest BCUT2D eigenvalue weighted by molar-refractivity contribution is 6.33. The molecular weight excluding hydrogens is 537 g/mol. The van der Waals surface area contributed by atoms with Crippen LogP contribution in [-0.4, -0.2) is 90.3 Å². The number of rotatable bonds is 6. The Hall–Kier alpha value is -3.63. The molecule has 2 saturated heterocycles. The Morgan fingerprint density at radius 1 is 0.925 bits per heavy atom. The normalized spacial score (nSPS) is 18.4. The number of carboxylic acid groups (broad SMARTS) is 1. The van der Waals surface area contributed by atoms with Crippen LogP contribution in [0.2, 0.25) is 5.02 Å². The van der Waals surface area contributed by atoms with Crippen molar-refractivity contribution in [2.75, 3.05) is 68.7 Å². The highest BCUT2D eigenvalue weighted by Crippen LogP contribution is 2.38. The van der Waals surface area contributed by atoms with Crippen LogP contribution in [0, 0.1) is 5.82 Å². The zero-order chi connectivity index (χ0) is 28.0. The topological polar surface area (TPSA) is 89.3 Å².